The van der Waals surface area contributed by atoms with E-state index in [9.17, 15) is 4.79 Å². The molecule has 0 saturated carbocycles. The number of hydrogen-bond donors (Lipinski definition) is 1. The van der Waals surface area contributed by atoms with Gasteiger partial charge in [0.05, 0.1) is 6.54 Å². The molecule has 106 valence electrons. The first-order valence-corrected chi connectivity index (χ1v) is 7.09. The van der Waals surface area contributed by atoms with E-state index < -0.39 is 0 Å². The van der Waals surface area contributed by atoms with Crippen molar-refractivity contribution in [3.63, 3.8) is 0 Å². The maximum absolute atomic E-state index is 12.2. The molecule has 0 aliphatic carbocycles. The molecule has 0 fully saturated rings. The summed E-state index contributed by atoms with van der Waals surface area (Å²) in [6, 6.07) is 10.5. The second-order valence-corrected chi connectivity index (χ2v) is 5.31. The zero-order valence-electron chi connectivity index (χ0n) is 12.5. The summed E-state index contributed by atoms with van der Waals surface area (Å²) in [5, 5.41) is 3.29. The highest BCUT2D eigenvalue weighted by molar-refractivity contribution is 5.78. The normalized spacial score (nSPS) is 12.5. The van der Waals surface area contributed by atoms with Crippen molar-refractivity contribution < 1.29 is 4.79 Å². The summed E-state index contributed by atoms with van der Waals surface area (Å²) in [4.78, 5) is 14.1. The molecule has 3 nitrogen and oxygen atoms in total. The van der Waals surface area contributed by atoms with E-state index >= 15 is 0 Å². The molecule has 0 spiro atoms. The number of hydrogen-bond acceptors (Lipinski definition) is 2. The number of carbonyl (C=O) groups is 1. The van der Waals surface area contributed by atoms with Crippen molar-refractivity contribution >= 4 is 5.91 Å². The number of nitrogens with zero attached hydrogens (tertiary/aromatic N) is 1. The molecule has 1 aromatic rings. The van der Waals surface area contributed by atoms with Crippen LogP contribution in [-0.4, -0.2) is 29.9 Å². The van der Waals surface area contributed by atoms with E-state index in [0.29, 0.717) is 25.0 Å². The molecule has 19 heavy (non-hydrogen) atoms. The average Bonchev–Trinajstić information content (AvgIpc) is 2.42. The minimum atomic E-state index is 0.166. The van der Waals surface area contributed by atoms with Crippen LogP contribution < -0.4 is 5.32 Å². The summed E-state index contributed by atoms with van der Waals surface area (Å²) >= 11 is 0. The Bertz CT molecular complexity index is 376. The maximum atomic E-state index is 12.2. The van der Waals surface area contributed by atoms with Crippen molar-refractivity contribution in [1.29, 1.82) is 0 Å². The van der Waals surface area contributed by atoms with E-state index in [1.807, 2.05) is 30.0 Å². The lowest BCUT2D eigenvalue weighted by molar-refractivity contribution is -0.130. The number of amides is 1. The maximum Gasteiger partial charge on any atom is 0.236 e. The van der Waals surface area contributed by atoms with Crippen molar-refractivity contribution in [3.8, 4) is 0 Å². The second kappa shape index (κ2) is 7.95. The molecular weight excluding hydrogens is 236 g/mol. The molecule has 1 rings (SSSR count). The lowest BCUT2D eigenvalue weighted by atomic mass is 10.1. The lowest BCUT2D eigenvalue weighted by Gasteiger charge is -2.23. The zero-order valence-corrected chi connectivity index (χ0v) is 12.5. The molecule has 0 aromatic heterocycles. The van der Waals surface area contributed by atoms with Crippen molar-refractivity contribution in [2.75, 3.05) is 13.1 Å². The first-order chi connectivity index (χ1) is 9.04. The van der Waals surface area contributed by atoms with Crippen molar-refractivity contribution in [1.82, 2.24) is 10.2 Å². The highest BCUT2D eigenvalue weighted by Crippen LogP contribution is 2.05. The molecule has 0 radical (unpaired) electrons. The van der Waals surface area contributed by atoms with E-state index in [-0.39, 0.29) is 5.91 Å². The molecule has 0 bridgehead atoms. The van der Waals surface area contributed by atoms with Crippen LogP contribution in [0.25, 0.3) is 0 Å². The highest BCUT2D eigenvalue weighted by atomic mass is 16.2. The molecule has 1 N–H and O–H groups in total. The summed E-state index contributed by atoms with van der Waals surface area (Å²) < 4.78 is 0. The molecule has 1 atom stereocenters. The third kappa shape index (κ3) is 5.43. The van der Waals surface area contributed by atoms with Crippen LogP contribution >= 0.6 is 0 Å². The van der Waals surface area contributed by atoms with Crippen LogP contribution in [0.4, 0.5) is 0 Å². The minimum Gasteiger partial charge on any atom is -0.338 e. The fourth-order valence-corrected chi connectivity index (χ4v) is 1.78. The highest BCUT2D eigenvalue weighted by Gasteiger charge is 2.14. The summed E-state index contributed by atoms with van der Waals surface area (Å²) in [6.07, 6.45) is 0. The number of rotatable bonds is 7. The van der Waals surface area contributed by atoms with Gasteiger partial charge in [-0.3, -0.25) is 4.79 Å². The van der Waals surface area contributed by atoms with Crippen LogP contribution in [0.15, 0.2) is 30.3 Å². The molecule has 1 amide bonds. The molecule has 3 heteroatoms. The van der Waals surface area contributed by atoms with Crippen molar-refractivity contribution in [2.45, 2.75) is 40.3 Å². The molecular formula is C16H26N2O. The Morgan fingerprint density at radius 1 is 1.21 bits per heavy atom. The van der Waals surface area contributed by atoms with Gasteiger partial charge >= 0.3 is 0 Å². The van der Waals surface area contributed by atoms with Gasteiger partial charge in [0.25, 0.3) is 0 Å². The number of likely N-dealkylation sites (N-methyl/N-ethyl adjacent to an activating group) is 1. The van der Waals surface area contributed by atoms with Gasteiger partial charge in [0.2, 0.25) is 5.91 Å². The summed E-state index contributed by atoms with van der Waals surface area (Å²) in [5.41, 5.74) is 1.18. The van der Waals surface area contributed by atoms with Crippen LogP contribution in [0.5, 0.6) is 0 Å². The van der Waals surface area contributed by atoms with E-state index in [4.69, 9.17) is 0 Å². The predicted octanol–water partition coefficient (Wildman–Crippen LogP) is 2.67. The summed E-state index contributed by atoms with van der Waals surface area (Å²) in [6.45, 7) is 10.3. The van der Waals surface area contributed by atoms with Gasteiger partial charge in [-0.15, -0.1) is 0 Å². The zero-order chi connectivity index (χ0) is 14.3. The topological polar surface area (TPSA) is 32.3 Å². The van der Waals surface area contributed by atoms with Gasteiger partial charge in [-0.05, 0) is 25.3 Å². The number of benzene rings is 1. The average molecular weight is 262 g/mol. The van der Waals surface area contributed by atoms with Crippen LogP contribution in [0.3, 0.4) is 0 Å². The predicted molar refractivity (Wildman–Crippen MR) is 79.8 cm³/mol. The standard InChI is InChI=1S/C16H26N2O/c1-5-18(12-15-9-7-6-8-10-15)16(19)11-17-14(4)13(2)3/h6-10,13-14,17H,5,11-12H2,1-4H3. The largest absolute Gasteiger partial charge is 0.338 e. The molecule has 0 aliphatic rings. The molecule has 0 saturated heterocycles. The summed E-state index contributed by atoms with van der Waals surface area (Å²) in [7, 11) is 0. The minimum absolute atomic E-state index is 0.166. The van der Waals surface area contributed by atoms with Gasteiger partial charge in [-0.2, -0.15) is 0 Å². The Hall–Kier alpha value is -1.35. The molecule has 1 aromatic carbocycles. The Kier molecular flexibility index (Phi) is 6.57. The first-order valence-electron chi connectivity index (χ1n) is 7.09. The molecule has 0 aliphatic heterocycles. The van der Waals surface area contributed by atoms with Crippen LogP contribution in [0.2, 0.25) is 0 Å². The Labute approximate surface area is 117 Å². The summed E-state index contributed by atoms with van der Waals surface area (Å²) in [5.74, 6) is 0.704. The monoisotopic (exact) mass is 262 g/mol. The number of nitrogens with one attached hydrogen (secondary N) is 1. The SMILES string of the molecule is CCN(Cc1ccccc1)C(=O)CNC(C)C(C)C. The fraction of sp³-hybridized carbons (Fsp3) is 0.562. The molecule has 1 unspecified atom stereocenters. The van der Waals surface area contributed by atoms with Crippen LogP contribution in [0.1, 0.15) is 33.3 Å². The Balaban J connectivity index is 2.48. The van der Waals surface area contributed by atoms with E-state index in [1.165, 1.54) is 5.56 Å². The van der Waals surface area contributed by atoms with Crippen molar-refractivity contribution in [2.24, 2.45) is 5.92 Å². The van der Waals surface area contributed by atoms with Gasteiger partial charge in [0, 0.05) is 19.1 Å². The van der Waals surface area contributed by atoms with Crippen LogP contribution in [-0.2, 0) is 11.3 Å². The third-order valence-corrected chi connectivity index (χ3v) is 3.53. The number of carbonyl (C=O) groups excluding carboxylic acids is 1. The van der Waals surface area contributed by atoms with Gasteiger partial charge in [-0.25, -0.2) is 0 Å². The van der Waals surface area contributed by atoms with Gasteiger partial charge in [0.15, 0.2) is 0 Å². The molecule has 0 heterocycles. The third-order valence-electron chi connectivity index (χ3n) is 3.53. The van der Waals surface area contributed by atoms with Crippen LogP contribution in [0, 0.1) is 5.92 Å². The van der Waals surface area contributed by atoms with E-state index in [1.54, 1.807) is 0 Å². The van der Waals surface area contributed by atoms with E-state index in [0.717, 1.165) is 6.54 Å². The van der Waals surface area contributed by atoms with Gasteiger partial charge in [-0.1, -0.05) is 44.2 Å². The first kappa shape index (κ1) is 15.7. The Morgan fingerprint density at radius 2 is 1.84 bits per heavy atom. The Morgan fingerprint density at radius 3 is 2.37 bits per heavy atom. The smallest absolute Gasteiger partial charge is 0.236 e. The quantitative estimate of drug-likeness (QED) is 0.819. The lowest BCUT2D eigenvalue weighted by Crippen LogP contribution is -2.42. The van der Waals surface area contributed by atoms with E-state index in [2.05, 4.69) is 38.2 Å². The second-order valence-electron chi connectivity index (χ2n) is 5.31. The van der Waals surface area contributed by atoms with Crippen molar-refractivity contribution in [3.05, 3.63) is 35.9 Å². The van der Waals surface area contributed by atoms with Gasteiger partial charge in [0.1, 0.15) is 0 Å². The van der Waals surface area contributed by atoms with Gasteiger partial charge < -0.3 is 10.2 Å². The fourth-order valence-electron chi connectivity index (χ4n) is 1.78.